The number of piperazine rings is 1. The SMILES string of the molecule is CC(=O)N1CCC[C@@](O)(C(=O)N2CCN(c3ccccc3C)CC2)C1. The fraction of sp³-hybridized carbons (Fsp3) is 0.579. The van der Waals surface area contributed by atoms with E-state index in [1.54, 1.807) is 9.80 Å². The quantitative estimate of drug-likeness (QED) is 0.869. The van der Waals surface area contributed by atoms with Gasteiger partial charge in [-0.2, -0.15) is 0 Å². The lowest BCUT2D eigenvalue weighted by molar-refractivity contribution is -0.160. The molecule has 2 fully saturated rings. The zero-order chi connectivity index (χ0) is 18.0. The fourth-order valence-corrected chi connectivity index (χ4v) is 3.84. The first-order valence-electron chi connectivity index (χ1n) is 8.98. The maximum atomic E-state index is 12.9. The molecule has 0 aliphatic carbocycles. The van der Waals surface area contributed by atoms with Crippen molar-refractivity contribution in [3.63, 3.8) is 0 Å². The Morgan fingerprint density at radius 3 is 2.36 bits per heavy atom. The third kappa shape index (κ3) is 3.63. The molecule has 2 saturated heterocycles. The monoisotopic (exact) mass is 345 g/mol. The van der Waals surface area contributed by atoms with E-state index in [0.717, 1.165) is 13.1 Å². The van der Waals surface area contributed by atoms with Gasteiger partial charge < -0.3 is 19.8 Å². The third-order valence-electron chi connectivity index (χ3n) is 5.34. The number of carbonyl (C=O) groups excluding carboxylic acids is 2. The van der Waals surface area contributed by atoms with E-state index in [-0.39, 0.29) is 18.4 Å². The summed E-state index contributed by atoms with van der Waals surface area (Å²) in [6, 6.07) is 8.25. The Balaban J connectivity index is 1.63. The number of rotatable bonds is 2. The van der Waals surface area contributed by atoms with Gasteiger partial charge in [-0.15, -0.1) is 0 Å². The zero-order valence-electron chi connectivity index (χ0n) is 15.1. The van der Waals surface area contributed by atoms with Gasteiger partial charge in [-0.25, -0.2) is 0 Å². The maximum absolute atomic E-state index is 12.9. The summed E-state index contributed by atoms with van der Waals surface area (Å²) >= 11 is 0. The molecule has 2 amide bonds. The van der Waals surface area contributed by atoms with E-state index < -0.39 is 5.60 Å². The molecule has 1 atom stereocenters. The Morgan fingerprint density at radius 1 is 1.04 bits per heavy atom. The van der Waals surface area contributed by atoms with Crippen molar-refractivity contribution in [1.82, 2.24) is 9.80 Å². The van der Waals surface area contributed by atoms with Gasteiger partial charge in [-0.3, -0.25) is 9.59 Å². The van der Waals surface area contributed by atoms with E-state index in [9.17, 15) is 14.7 Å². The minimum Gasteiger partial charge on any atom is -0.378 e. The van der Waals surface area contributed by atoms with Crippen LogP contribution in [0.5, 0.6) is 0 Å². The van der Waals surface area contributed by atoms with Crippen LogP contribution < -0.4 is 4.90 Å². The summed E-state index contributed by atoms with van der Waals surface area (Å²) in [5.74, 6) is -0.321. The Hall–Kier alpha value is -2.08. The summed E-state index contributed by atoms with van der Waals surface area (Å²) in [5, 5.41) is 10.8. The molecule has 1 aromatic rings. The Bertz CT molecular complexity index is 655. The van der Waals surface area contributed by atoms with Crippen LogP contribution in [0.1, 0.15) is 25.3 Å². The number of hydrogen-bond donors (Lipinski definition) is 1. The van der Waals surface area contributed by atoms with Crippen molar-refractivity contribution >= 4 is 17.5 Å². The largest absolute Gasteiger partial charge is 0.378 e. The Labute approximate surface area is 149 Å². The van der Waals surface area contributed by atoms with Crippen molar-refractivity contribution in [2.75, 3.05) is 44.2 Å². The number of hydrogen-bond acceptors (Lipinski definition) is 4. The van der Waals surface area contributed by atoms with Gasteiger partial charge in [0.15, 0.2) is 5.60 Å². The number of aliphatic hydroxyl groups is 1. The van der Waals surface area contributed by atoms with E-state index in [1.807, 2.05) is 12.1 Å². The molecule has 0 unspecified atom stereocenters. The van der Waals surface area contributed by atoms with Crippen molar-refractivity contribution in [2.24, 2.45) is 0 Å². The summed E-state index contributed by atoms with van der Waals surface area (Å²) in [4.78, 5) is 30.1. The number of likely N-dealkylation sites (tertiary alicyclic amines) is 1. The minimum atomic E-state index is -1.44. The standard InChI is InChI=1S/C19H27N3O3/c1-15-6-3-4-7-17(15)20-10-12-21(13-11-20)18(24)19(25)8-5-9-22(14-19)16(2)23/h3-4,6-7,25H,5,8-14H2,1-2H3/t19-/m0/s1. The number of benzene rings is 1. The lowest BCUT2D eigenvalue weighted by Crippen LogP contribution is -2.61. The molecule has 0 bridgehead atoms. The van der Waals surface area contributed by atoms with Gasteiger partial charge in [0.25, 0.3) is 5.91 Å². The van der Waals surface area contributed by atoms with Gasteiger partial charge in [0.2, 0.25) is 5.91 Å². The number of anilines is 1. The van der Waals surface area contributed by atoms with E-state index in [1.165, 1.54) is 18.2 Å². The van der Waals surface area contributed by atoms with Crippen LogP contribution in [-0.2, 0) is 9.59 Å². The first-order chi connectivity index (χ1) is 11.9. The molecule has 0 spiro atoms. The number of β-amino-alcohol motifs (C(OH)–C–C–N with tert-alkyl or cyclic N) is 1. The molecule has 6 heteroatoms. The van der Waals surface area contributed by atoms with Crippen molar-refractivity contribution in [3.8, 4) is 0 Å². The van der Waals surface area contributed by atoms with Crippen LogP contribution >= 0.6 is 0 Å². The predicted octanol–water partition coefficient (Wildman–Crippen LogP) is 1.02. The summed E-state index contributed by atoms with van der Waals surface area (Å²) in [5.41, 5.74) is 0.994. The predicted molar refractivity (Wildman–Crippen MR) is 96.4 cm³/mol. The highest BCUT2D eigenvalue weighted by Crippen LogP contribution is 2.26. The average Bonchev–Trinajstić information content (AvgIpc) is 2.62. The van der Waals surface area contributed by atoms with Crippen LogP contribution in [0.4, 0.5) is 5.69 Å². The summed E-state index contributed by atoms with van der Waals surface area (Å²) in [6.07, 6.45) is 1.08. The molecule has 1 N–H and O–H groups in total. The maximum Gasteiger partial charge on any atom is 0.256 e. The van der Waals surface area contributed by atoms with Crippen molar-refractivity contribution in [1.29, 1.82) is 0 Å². The van der Waals surface area contributed by atoms with E-state index in [4.69, 9.17) is 0 Å². The normalized spacial score (nSPS) is 24.4. The molecule has 3 rings (SSSR count). The number of aryl methyl sites for hydroxylation is 1. The highest BCUT2D eigenvalue weighted by molar-refractivity contribution is 5.86. The average molecular weight is 345 g/mol. The lowest BCUT2D eigenvalue weighted by atomic mass is 9.91. The van der Waals surface area contributed by atoms with Gasteiger partial charge in [-0.1, -0.05) is 18.2 Å². The third-order valence-corrected chi connectivity index (χ3v) is 5.34. The number of piperidine rings is 1. The van der Waals surface area contributed by atoms with Crippen molar-refractivity contribution in [3.05, 3.63) is 29.8 Å². The fourth-order valence-electron chi connectivity index (χ4n) is 3.84. The molecule has 1 aromatic carbocycles. The van der Waals surface area contributed by atoms with Crippen LogP contribution in [0, 0.1) is 6.92 Å². The molecule has 6 nitrogen and oxygen atoms in total. The molecule has 0 radical (unpaired) electrons. The van der Waals surface area contributed by atoms with Crippen molar-refractivity contribution in [2.45, 2.75) is 32.3 Å². The van der Waals surface area contributed by atoms with Gasteiger partial charge >= 0.3 is 0 Å². The number of carbonyl (C=O) groups is 2. The topological polar surface area (TPSA) is 64.1 Å². The highest BCUT2D eigenvalue weighted by atomic mass is 16.3. The summed E-state index contributed by atoms with van der Waals surface area (Å²) < 4.78 is 0. The van der Waals surface area contributed by atoms with Crippen LogP contribution in [0.15, 0.2) is 24.3 Å². The van der Waals surface area contributed by atoms with Crippen LogP contribution in [0.25, 0.3) is 0 Å². The van der Waals surface area contributed by atoms with E-state index in [2.05, 4.69) is 24.0 Å². The first kappa shape index (κ1) is 17.7. The molecule has 0 aromatic heterocycles. The van der Waals surface area contributed by atoms with E-state index >= 15 is 0 Å². The molecule has 2 aliphatic rings. The molecule has 25 heavy (non-hydrogen) atoms. The molecular weight excluding hydrogens is 318 g/mol. The molecular formula is C19H27N3O3. The second-order valence-corrected chi connectivity index (χ2v) is 7.14. The van der Waals surface area contributed by atoms with Crippen LogP contribution in [0.2, 0.25) is 0 Å². The molecule has 136 valence electrons. The van der Waals surface area contributed by atoms with Gasteiger partial charge in [-0.05, 0) is 31.4 Å². The smallest absolute Gasteiger partial charge is 0.256 e. The summed E-state index contributed by atoms with van der Waals surface area (Å²) in [7, 11) is 0. The zero-order valence-corrected chi connectivity index (χ0v) is 15.1. The molecule has 2 aliphatic heterocycles. The second-order valence-electron chi connectivity index (χ2n) is 7.14. The first-order valence-corrected chi connectivity index (χ1v) is 8.98. The van der Waals surface area contributed by atoms with Gasteiger partial charge in [0, 0.05) is 45.3 Å². The van der Waals surface area contributed by atoms with Gasteiger partial charge in [0.05, 0.1) is 6.54 Å². The lowest BCUT2D eigenvalue weighted by Gasteiger charge is -2.43. The number of nitrogens with zero attached hydrogens (tertiary/aromatic N) is 3. The molecule has 2 heterocycles. The summed E-state index contributed by atoms with van der Waals surface area (Å²) in [6.45, 7) is 6.99. The highest BCUT2D eigenvalue weighted by Gasteiger charge is 2.44. The van der Waals surface area contributed by atoms with Crippen LogP contribution in [-0.4, -0.2) is 71.6 Å². The Morgan fingerprint density at radius 2 is 1.72 bits per heavy atom. The molecule has 0 saturated carbocycles. The van der Waals surface area contributed by atoms with Crippen LogP contribution in [0.3, 0.4) is 0 Å². The van der Waals surface area contributed by atoms with E-state index in [0.29, 0.717) is 32.5 Å². The van der Waals surface area contributed by atoms with Crippen molar-refractivity contribution < 1.29 is 14.7 Å². The minimum absolute atomic E-state index is 0.0877. The number of para-hydroxylation sites is 1. The van der Waals surface area contributed by atoms with Gasteiger partial charge in [0.1, 0.15) is 0 Å². The Kier molecular flexibility index (Phi) is 4.99. The second kappa shape index (κ2) is 7.04. The number of amides is 2.